The fourth-order valence-corrected chi connectivity index (χ4v) is 3.08. The van der Waals surface area contributed by atoms with Crippen LogP contribution >= 0.6 is 23.2 Å². The second kappa shape index (κ2) is 9.27. The molecule has 0 aliphatic carbocycles. The minimum absolute atomic E-state index is 0.169. The third-order valence-electron chi connectivity index (χ3n) is 3.94. The maximum atomic E-state index is 12.1. The van der Waals surface area contributed by atoms with Crippen LogP contribution in [-0.2, 0) is 4.79 Å². The highest BCUT2D eigenvalue weighted by Crippen LogP contribution is 2.23. The van der Waals surface area contributed by atoms with E-state index in [1.807, 2.05) is 36.4 Å². The van der Waals surface area contributed by atoms with E-state index < -0.39 is 17.8 Å². The average Bonchev–Trinajstić information content (AvgIpc) is 2.71. The Morgan fingerprint density at radius 3 is 2.41 bits per heavy atom. The van der Waals surface area contributed by atoms with E-state index in [1.165, 1.54) is 18.2 Å². The maximum Gasteiger partial charge on any atom is 0.337 e. The number of anilines is 1. The van der Waals surface area contributed by atoms with Gasteiger partial charge < -0.3 is 10.6 Å². The number of halogens is 2. The van der Waals surface area contributed by atoms with Crippen LogP contribution in [0.4, 0.5) is 10.5 Å². The van der Waals surface area contributed by atoms with Gasteiger partial charge in [0.1, 0.15) is 0 Å². The number of hydrogen-bond donors (Lipinski definition) is 4. The molecule has 0 fully saturated rings. The number of carbonyl (C=O) groups excluding carboxylic acids is 3. The monoisotopic (exact) mass is 430 g/mol. The van der Waals surface area contributed by atoms with Crippen LogP contribution in [-0.4, -0.2) is 24.4 Å². The smallest absolute Gasteiger partial charge is 0.337 e. The number of amides is 4. The number of benzene rings is 3. The number of carbonyl (C=O) groups is 3. The van der Waals surface area contributed by atoms with Crippen molar-refractivity contribution < 1.29 is 14.4 Å². The minimum Gasteiger partial charge on any atom is -0.343 e. The zero-order chi connectivity index (χ0) is 20.8. The lowest BCUT2D eigenvalue weighted by Gasteiger charge is -2.11. The molecule has 0 saturated carbocycles. The van der Waals surface area contributed by atoms with Gasteiger partial charge in [-0.1, -0.05) is 59.6 Å². The third-order valence-corrected chi connectivity index (χ3v) is 4.49. The fourth-order valence-electron chi connectivity index (χ4n) is 2.59. The molecule has 0 atom stereocenters. The van der Waals surface area contributed by atoms with Crippen LogP contribution in [0.3, 0.4) is 0 Å². The zero-order valence-corrected chi connectivity index (χ0v) is 16.5. The van der Waals surface area contributed by atoms with E-state index in [2.05, 4.69) is 21.5 Å². The van der Waals surface area contributed by atoms with Crippen molar-refractivity contribution in [2.45, 2.75) is 0 Å². The molecule has 7 nitrogen and oxygen atoms in total. The van der Waals surface area contributed by atoms with E-state index in [-0.39, 0.29) is 17.1 Å². The summed E-state index contributed by atoms with van der Waals surface area (Å²) in [5.74, 6) is -1.15. The molecular weight excluding hydrogens is 415 g/mol. The van der Waals surface area contributed by atoms with Crippen molar-refractivity contribution in [3.05, 3.63) is 76.3 Å². The van der Waals surface area contributed by atoms with Crippen LogP contribution in [0.5, 0.6) is 0 Å². The molecule has 3 rings (SSSR count). The second-order valence-corrected chi connectivity index (χ2v) is 6.80. The quantitative estimate of drug-likeness (QED) is 0.474. The van der Waals surface area contributed by atoms with Crippen LogP contribution in [0.2, 0.25) is 10.0 Å². The number of nitrogens with one attached hydrogen (secondary N) is 4. The lowest BCUT2D eigenvalue weighted by molar-refractivity contribution is -0.120. The van der Waals surface area contributed by atoms with Crippen molar-refractivity contribution >= 4 is 57.5 Å². The highest BCUT2D eigenvalue weighted by molar-refractivity contribution is 6.36. The van der Waals surface area contributed by atoms with Crippen molar-refractivity contribution in [1.82, 2.24) is 16.2 Å². The van der Waals surface area contributed by atoms with Gasteiger partial charge in [0.05, 0.1) is 22.8 Å². The SMILES string of the molecule is O=C(CNC(=O)c1ccc(Cl)cc1Cl)NNC(=O)Nc1cccc2ccccc12. The van der Waals surface area contributed by atoms with Gasteiger partial charge in [0.2, 0.25) is 0 Å². The van der Waals surface area contributed by atoms with Crippen LogP contribution < -0.4 is 21.5 Å². The van der Waals surface area contributed by atoms with Gasteiger partial charge in [0.25, 0.3) is 11.8 Å². The number of hydrogen-bond acceptors (Lipinski definition) is 3. The zero-order valence-electron chi connectivity index (χ0n) is 15.0. The van der Waals surface area contributed by atoms with Crippen LogP contribution in [0.1, 0.15) is 10.4 Å². The predicted octanol–water partition coefficient (Wildman–Crippen LogP) is 3.73. The Kier molecular flexibility index (Phi) is 6.54. The van der Waals surface area contributed by atoms with Crippen molar-refractivity contribution in [2.75, 3.05) is 11.9 Å². The molecule has 29 heavy (non-hydrogen) atoms. The summed E-state index contributed by atoms with van der Waals surface area (Å²) in [6, 6.07) is 16.8. The summed E-state index contributed by atoms with van der Waals surface area (Å²) in [5.41, 5.74) is 5.23. The number of urea groups is 1. The van der Waals surface area contributed by atoms with E-state index >= 15 is 0 Å². The van der Waals surface area contributed by atoms with E-state index in [1.54, 1.807) is 6.07 Å². The molecule has 9 heteroatoms. The highest BCUT2D eigenvalue weighted by atomic mass is 35.5. The average molecular weight is 431 g/mol. The Morgan fingerprint density at radius 2 is 1.62 bits per heavy atom. The first-order valence-corrected chi connectivity index (χ1v) is 9.26. The van der Waals surface area contributed by atoms with Crippen molar-refractivity contribution in [1.29, 1.82) is 0 Å². The van der Waals surface area contributed by atoms with Crippen LogP contribution in [0.25, 0.3) is 10.8 Å². The van der Waals surface area contributed by atoms with Gasteiger partial charge in [-0.25, -0.2) is 10.2 Å². The molecule has 0 radical (unpaired) electrons. The van der Waals surface area contributed by atoms with Crippen molar-refractivity contribution in [2.24, 2.45) is 0 Å². The standard InChI is InChI=1S/C20H16Cl2N4O3/c21-13-8-9-15(16(22)10-13)19(28)23-11-18(27)25-26-20(29)24-17-7-3-5-12-4-1-2-6-14(12)17/h1-10H,11H2,(H,23,28)(H,25,27)(H2,24,26,29). The Morgan fingerprint density at radius 1 is 0.862 bits per heavy atom. The Hall–Kier alpha value is -3.29. The minimum atomic E-state index is -0.623. The molecule has 0 aromatic heterocycles. The molecule has 4 N–H and O–H groups in total. The molecule has 0 heterocycles. The van der Waals surface area contributed by atoms with Gasteiger partial charge in [-0.05, 0) is 29.7 Å². The summed E-state index contributed by atoms with van der Waals surface area (Å²) in [6.45, 7) is -0.355. The lowest BCUT2D eigenvalue weighted by Crippen LogP contribution is -2.47. The summed E-state index contributed by atoms with van der Waals surface area (Å²) in [4.78, 5) is 36.0. The Bertz CT molecular complexity index is 1080. The van der Waals surface area contributed by atoms with Crippen molar-refractivity contribution in [3.8, 4) is 0 Å². The molecule has 0 unspecified atom stereocenters. The largest absolute Gasteiger partial charge is 0.343 e. The molecule has 3 aromatic carbocycles. The maximum absolute atomic E-state index is 12.1. The Labute approximate surface area is 176 Å². The molecule has 0 spiro atoms. The van der Waals surface area contributed by atoms with E-state index in [4.69, 9.17) is 23.2 Å². The molecular formula is C20H16Cl2N4O3. The van der Waals surface area contributed by atoms with Crippen LogP contribution in [0, 0.1) is 0 Å². The summed E-state index contributed by atoms with van der Waals surface area (Å²) < 4.78 is 0. The van der Waals surface area contributed by atoms with Gasteiger partial charge >= 0.3 is 6.03 Å². The fraction of sp³-hybridized carbons (Fsp3) is 0.0500. The summed E-state index contributed by atoms with van der Waals surface area (Å²) in [6.07, 6.45) is 0. The van der Waals surface area contributed by atoms with E-state index in [0.29, 0.717) is 10.7 Å². The van der Waals surface area contributed by atoms with Gasteiger partial charge in [-0.15, -0.1) is 0 Å². The number of fused-ring (bicyclic) bond motifs is 1. The lowest BCUT2D eigenvalue weighted by atomic mass is 10.1. The molecule has 0 saturated heterocycles. The Balaban J connectivity index is 1.49. The van der Waals surface area contributed by atoms with E-state index in [9.17, 15) is 14.4 Å². The predicted molar refractivity (Wildman–Crippen MR) is 113 cm³/mol. The second-order valence-electron chi connectivity index (χ2n) is 5.96. The molecule has 0 bridgehead atoms. The molecule has 0 aliphatic rings. The first-order chi connectivity index (χ1) is 13.9. The van der Waals surface area contributed by atoms with Gasteiger partial charge in [-0.3, -0.25) is 15.0 Å². The molecule has 3 aromatic rings. The normalized spacial score (nSPS) is 10.3. The van der Waals surface area contributed by atoms with Gasteiger partial charge in [0, 0.05) is 10.4 Å². The molecule has 148 valence electrons. The first kappa shape index (κ1) is 20.4. The van der Waals surface area contributed by atoms with Gasteiger partial charge in [-0.2, -0.15) is 0 Å². The molecule has 0 aliphatic heterocycles. The first-order valence-electron chi connectivity index (χ1n) is 8.51. The summed E-state index contributed by atoms with van der Waals surface area (Å²) in [5, 5.41) is 7.47. The van der Waals surface area contributed by atoms with Crippen LogP contribution in [0.15, 0.2) is 60.7 Å². The summed E-state index contributed by atoms with van der Waals surface area (Å²) in [7, 11) is 0. The number of rotatable bonds is 4. The van der Waals surface area contributed by atoms with E-state index in [0.717, 1.165) is 10.8 Å². The third kappa shape index (κ3) is 5.37. The summed E-state index contributed by atoms with van der Waals surface area (Å²) >= 11 is 11.7. The topological polar surface area (TPSA) is 99.3 Å². The molecule has 4 amide bonds. The van der Waals surface area contributed by atoms with Gasteiger partial charge in [0.15, 0.2) is 0 Å². The van der Waals surface area contributed by atoms with Crippen molar-refractivity contribution in [3.63, 3.8) is 0 Å². The highest BCUT2D eigenvalue weighted by Gasteiger charge is 2.12. The number of hydrazine groups is 1.